The van der Waals surface area contributed by atoms with Crippen LogP contribution in [0, 0.1) is 23.7 Å². The molecule has 9 nitrogen and oxygen atoms in total. The Morgan fingerprint density at radius 1 is 1.34 bits per heavy atom. The van der Waals surface area contributed by atoms with Crippen LogP contribution in [0.15, 0.2) is 41.7 Å². The second kappa shape index (κ2) is 10.3. The van der Waals surface area contributed by atoms with Gasteiger partial charge in [0.25, 0.3) is 5.91 Å². The maximum absolute atomic E-state index is 13.6. The van der Waals surface area contributed by atoms with Crippen molar-refractivity contribution in [1.82, 2.24) is 19.2 Å². The van der Waals surface area contributed by atoms with Crippen LogP contribution in [0.5, 0.6) is 5.75 Å². The Hall–Kier alpha value is -3.00. The van der Waals surface area contributed by atoms with Crippen molar-refractivity contribution in [2.45, 2.75) is 43.7 Å². The summed E-state index contributed by atoms with van der Waals surface area (Å²) in [5.74, 6) is 6.29. The number of fused-ring (bicyclic) bond motifs is 1. The van der Waals surface area contributed by atoms with E-state index in [1.807, 2.05) is 6.92 Å². The first-order valence-corrected chi connectivity index (χ1v) is 13.1. The maximum atomic E-state index is 13.6. The molecule has 1 N–H and O–H groups in total. The van der Waals surface area contributed by atoms with Crippen LogP contribution in [0.1, 0.15) is 42.7 Å². The van der Waals surface area contributed by atoms with Crippen LogP contribution >= 0.6 is 0 Å². The van der Waals surface area contributed by atoms with Crippen LogP contribution < -0.4 is 4.74 Å². The minimum Gasteiger partial charge on any atom is -0.487 e. The number of aliphatic hydroxyl groups is 1. The van der Waals surface area contributed by atoms with Gasteiger partial charge >= 0.3 is 0 Å². The highest BCUT2D eigenvalue weighted by atomic mass is 32.2. The maximum Gasteiger partial charge on any atom is 0.273 e. The summed E-state index contributed by atoms with van der Waals surface area (Å²) < 4.78 is 34.7. The molecule has 4 rings (SSSR count). The number of hydrogen-bond acceptors (Lipinski definition) is 7. The van der Waals surface area contributed by atoms with Crippen molar-refractivity contribution in [3.8, 4) is 17.6 Å². The Morgan fingerprint density at radius 3 is 2.77 bits per heavy atom. The highest BCUT2D eigenvalue weighted by Gasteiger charge is 2.38. The fourth-order valence-corrected chi connectivity index (χ4v) is 5.72. The van der Waals surface area contributed by atoms with Crippen molar-refractivity contribution >= 4 is 15.9 Å². The quantitative estimate of drug-likeness (QED) is 0.625. The molecule has 1 aromatic heterocycles. The molecule has 2 aliphatic rings. The second-order valence-electron chi connectivity index (χ2n) is 9.22. The van der Waals surface area contributed by atoms with E-state index in [1.165, 1.54) is 33.9 Å². The molecule has 2 aromatic rings. The number of likely N-dealkylation sites (N-methyl/N-ethyl adjacent to an activating group) is 1. The molecule has 186 valence electrons. The van der Waals surface area contributed by atoms with E-state index in [4.69, 9.17) is 4.74 Å². The van der Waals surface area contributed by atoms with Crippen LogP contribution in [0.4, 0.5) is 0 Å². The topological polar surface area (TPSA) is 113 Å². The molecule has 35 heavy (non-hydrogen) atoms. The number of sulfonamides is 1. The Labute approximate surface area is 206 Å². The van der Waals surface area contributed by atoms with Crippen LogP contribution in [0.25, 0.3) is 0 Å². The molecule has 2 heterocycles. The largest absolute Gasteiger partial charge is 0.487 e. The van der Waals surface area contributed by atoms with Crippen LogP contribution in [-0.4, -0.2) is 77.5 Å². The van der Waals surface area contributed by atoms with Crippen molar-refractivity contribution < 1.29 is 23.1 Å². The highest BCUT2D eigenvalue weighted by molar-refractivity contribution is 7.89. The van der Waals surface area contributed by atoms with Gasteiger partial charge in [-0.1, -0.05) is 18.8 Å². The Bertz CT molecular complexity index is 1240. The predicted octanol–water partition coefficient (Wildman–Crippen LogP) is 1.78. The van der Waals surface area contributed by atoms with Gasteiger partial charge in [0.15, 0.2) is 0 Å². The van der Waals surface area contributed by atoms with Gasteiger partial charge in [-0.05, 0) is 38.0 Å². The van der Waals surface area contributed by atoms with Gasteiger partial charge in [-0.2, -0.15) is 4.31 Å². The zero-order valence-electron chi connectivity index (χ0n) is 20.1. The molecule has 1 aliphatic heterocycles. The molecule has 1 aliphatic carbocycles. The van der Waals surface area contributed by atoms with Crippen LogP contribution in [-0.2, 0) is 10.0 Å². The molecule has 0 saturated heterocycles. The van der Waals surface area contributed by atoms with E-state index < -0.39 is 22.2 Å². The zero-order valence-corrected chi connectivity index (χ0v) is 20.9. The van der Waals surface area contributed by atoms with Gasteiger partial charge in [0, 0.05) is 49.4 Å². The SMILES string of the molecule is C[C@H]1CN([C@@H](C)CO)S(=O)(=O)c2ccc(C#CC3CC3)cc2O[C@@H]1CN(C)C(=O)c1cnccn1. The summed E-state index contributed by atoms with van der Waals surface area (Å²) in [6, 6.07) is 4.22. The number of ether oxygens (including phenoxy) is 1. The van der Waals surface area contributed by atoms with E-state index in [0.29, 0.717) is 11.5 Å². The average Bonchev–Trinajstić information content (AvgIpc) is 3.69. The summed E-state index contributed by atoms with van der Waals surface area (Å²) in [5.41, 5.74) is 0.883. The Morgan fingerprint density at radius 2 is 2.11 bits per heavy atom. The summed E-state index contributed by atoms with van der Waals surface area (Å²) in [7, 11) is -2.28. The zero-order chi connectivity index (χ0) is 25.2. The van der Waals surface area contributed by atoms with Crippen LogP contribution in [0.2, 0.25) is 0 Å². The number of benzene rings is 1. The van der Waals surface area contributed by atoms with E-state index in [9.17, 15) is 18.3 Å². The van der Waals surface area contributed by atoms with Crippen molar-refractivity contribution in [2.24, 2.45) is 11.8 Å². The third kappa shape index (κ3) is 5.64. The molecule has 1 aromatic carbocycles. The van der Waals surface area contributed by atoms with Gasteiger partial charge in [0.05, 0.1) is 19.3 Å². The fraction of sp³-hybridized carbons (Fsp3) is 0.480. The molecule has 10 heteroatoms. The summed E-state index contributed by atoms with van der Waals surface area (Å²) in [4.78, 5) is 22.4. The third-order valence-corrected chi connectivity index (χ3v) is 8.27. The summed E-state index contributed by atoms with van der Waals surface area (Å²) in [5, 5.41) is 9.78. The fourth-order valence-electron chi connectivity index (χ4n) is 3.89. The number of nitrogens with zero attached hydrogens (tertiary/aromatic N) is 4. The molecular formula is C25H30N4O5S. The predicted molar refractivity (Wildman–Crippen MR) is 129 cm³/mol. The molecule has 0 radical (unpaired) electrons. The molecule has 0 spiro atoms. The van der Waals surface area contributed by atoms with Gasteiger partial charge in [-0.25, -0.2) is 13.4 Å². The first-order chi connectivity index (χ1) is 16.7. The van der Waals surface area contributed by atoms with Gasteiger partial charge < -0.3 is 14.7 Å². The molecule has 0 unspecified atom stereocenters. The Kier molecular flexibility index (Phi) is 7.40. The molecule has 0 bridgehead atoms. The number of carbonyl (C=O) groups excluding carboxylic acids is 1. The van der Waals surface area contributed by atoms with E-state index in [1.54, 1.807) is 26.1 Å². The number of rotatable bonds is 5. The van der Waals surface area contributed by atoms with E-state index in [2.05, 4.69) is 21.8 Å². The summed E-state index contributed by atoms with van der Waals surface area (Å²) in [6.45, 7) is 3.56. The number of aromatic nitrogens is 2. The normalized spacial score (nSPS) is 22.4. The van der Waals surface area contributed by atoms with Crippen molar-refractivity contribution in [2.75, 3.05) is 26.7 Å². The molecule has 1 fully saturated rings. The monoisotopic (exact) mass is 498 g/mol. The van der Waals surface area contributed by atoms with Crippen molar-refractivity contribution in [3.05, 3.63) is 48.0 Å². The molecule has 1 saturated carbocycles. The smallest absolute Gasteiger partial charge is 0.273 e. The summed E-state index contributed by atoms with van der Waals surface area (Å²) in [6.07, 6.45) is 6.00. The lowest BCUT2D eigenvalue weighted by molar-refractivity contribution is 0.0559. The number of amides is 1. The lowest BCUT2D eigenvalue weighted by Crippen LogP contribution is -2.50. The molecule has 3 atom stereocenters. The highest BCUT2D eigenvalue weighted by Crippen LogP contribution is 2.34. The lowest BCUT2D eigenvalue weighted by atomic mass is 10.0. The van der Waals surface area contributed by atoms with Gasteiger partial charge in [-0.15, -0.1) is 0 Å². The van der Waals surface area contributed by atoms with Crippen molar-refractivity contribution in [1.29, 1.82) is 0 Å². The van der Waals surface area contributed by atoms with E-state index in [0.717, 1.165) is 12.8 Å². The Balaban J connectivity index is 1.69. The lowest BCUT2D eigenvalue weighted by Gasteiger charge is -2.37. The molecule has 1 amide bonds. The first kappa shape index (κ1) is 25.1. The minimum atomic E-state index is -3.93. The van der Waals surface area contributed by atoms with Gasteiger partial charge in [0.2, 0.25) is 10.0 Å². The van der Waals surface area contributed by atoms with Crippen molar-refractivity contribution in [3.63, 3.8) is 0 Å². The number of carbonyl (C=O) groups is 1. The number of hydrogen-bond donors (Lipinski definition) is 1. The van der Waals surface area contributed by atoms with Gasteiger partial charge in [-0.3, -0.25) is 9.78 Å². The van der Waals surface area contributed by atoms with E-state index >= 15 is 0 Å². The third-order valence-electron chi connectivity index (χ3n) is 6.25. The average molecular weight is 499 g/mol. The second-order valence-corrected chi connectivity index (χ2v) is 11.1. The van der Waals surface area contributed by atoms with E-state index in [-0.39, 0.29) is 47.9 Å². The standard InChI is InChI=1S/C25H30N4O5S/c1-17-14-29(18(2)16-30)35(32,33)24-9-8-20(7-6-19-4-5-19)12-22(24)34-23(17)15-28(3)25(31)21-13-26-10-11-27-21/h8-13,17-19,23,30H,4-5,14-16H2,1-3H3/t17-,18-,23+/m0/s1. The first-order valence-electron chi connectivity index (χ1n) is 11.7. The molecular weight excluding hydrogens is 468 g/mol. The van der Waals surface area contributed by atoms with Gasteiger partial charge in [0.1, 0.15) is 22.4 Å². The van der Waals surface area contributed by atoms with Crippen LogP contribution in [0.3, 0.4) is 0 Å². The number of aliphatic hydroxyl groups excluding tert-OH is 1. The minimum absolute atomic E-state index is 0.0228. The summed E-state index contributed by atoms with van der Waals surface area (Å²) >= 11 is 0.